The lowest BCUT2D eigenvalue weighted by Gasteiger charge is -2.35. The third kappa shape index (κ3) is 4.74. The highest BCUT2D eigenvalue weighted by Crippen LogP contribution is 2.22. The SMILES string of the molecule is O=C(NCCCOc1ccc2nc3[nH]c(=O)[nH]c3cc2c1)N1CCN(c2ccccn2)CC1. The van der Waals surface area contributed by atoms with Crippen LogP contribution >= 0.6 is 0 Å². The van der Waals surface area contributed by atoms with Crippen LogP contribution in [0.15, 0.2) is 53.5 Å². The van der Waals surface area contributed by atoms with Crippen molar-refractivity contribution in [3.8, 4) is 5.75 Å². The lowest BCUT2D eigenvalue weighted by molar-refractivity contribution is 0.193. The van der Waals surface area contributed by atoms with Crippen LogP contribution in [0, 0.1) is 0 Å². The van der Waals surface area contributed by atoms with Crippen molar-refractivity contribution in [2.75, 3.05) is 44.2 Å². The number of nitrogens with one attached hydrogen (secondary N) is 3. The minimum Gasteiger partial charge on any atom is -0.494 e. The molecule has 10 nitrogen and oxygen atoms in total. The number of carbonyl (C=O) groups excluding carboxylic acids is 1. The quantitative estimate of drug-likeness (QED) is 0.390. The molecule has 3 N–H and O–H groups in total. The number of pyridine rings is 2. The van der Waals surface area contributed by atoms with Crippen LogP contribution in [-0.4, -0.2) is 70.2 Å². The molecule has 1 saturated heterocycles. The lowest BCUT2D eigenvalue weighted by Crippen LogP contribution is -2.52. The average molecular weight is 447 g/mol. The number of nitrogens with zero attached hydrogens (tertiary/aromatic N) is 4. The number of aromatic nitrogens is 4. The smallest absolute Gasteiger partial charge is 0.325 e. The number of rotatable bonds is 6. The summed E-state index contributed by atoms with van der Waals surface area (Å²) in [7, 11) is 0. The fourth-order valence-corrected chi connectivity index (χ4v) is 3.94. The van der Waals surface area contributed by atoms with E-state index in [9.17, 15) is 9.59 Å². The van der Waals surface area contributed by atoms with E-state index in [2.05, 4.69) is 30.2 Å². The Bertz CT molecular complexity index is 1310. The third-order valence-electron chi connectivity index (χ3n) is 5.67. The summed E-state index contributed by atoms with van der Waals surface area (Å²) in [5.74, 6) is 1.67. The highest BCUT2D eigenvalue weighted by atomic mass is 16.5. The minimum absolute atomic E-state index is 0.0445. The number of amides is 2. The Labute approximate surface area is 189 Å². The number of fused-ring (bicyclic) bond motifs is 2. The molecule has 0 unspecified atom stereocenters. The van der Waals surface area contributed by atoms with Crippen LogP contribution in [0.3, 0.4) is 0 Å². The number of benzene rings is 1. The van der Waals surface area contributed by atoms with Crippen molar-refractivity contribution in [1.82, 2.24) is 30.2 Å². The van der Waals surface area contributed by atoms with E-state index in [4.69, 9.17) is 4.74 Å². The first-order valence-electron chi connectivity index (χ1n) is 11.0. The van der Waals surface area contributed by atoms with Crippen LogP contribution < -0.4 is 20.6 Å². The van der Waals surface area contributed by atoms with Gasteiger partial charge in [0.05, 0.1) is 17.6 Å². The van der Waals surface area contributed by atoms with Gasteiger partial charge in [0.25, 0.3) is 0 Å². The number of piperazine rings is 1. The molecule has 0 saturated carbocycles. The van der Waals surface area contributed by atoms with Gasteiger partial charge in [0, 0.05) is 44.3 Å². The van der Waals surface area contributed by atoms with Gasteiger partial charge in [-0.3, -0.25) is 4.98 Å². The Hall–Kier alpha value is -4.08. The number of H-pyrrole nitrogens is 2. The first-order chi connectivity index (χ1) is 16.2. The fraction of sp³-hybridized carbons (Fsp3) is 0.304. The topological polar surface area (TPSA) is 119 Å². The summed E-state index contributed by atoms with van der Waals surface area (Å²) < 4.78 is 5.84. The fourth-order valence-electron chi connectivity index (χ4n) is 3.94. The third-order valence-corrected chi connectivity index (χ3v) is 5.67. The van der Waals surface area contributed by atoms with Crippen molar-refractivity contribution in [3.63, 3.8) is 0 Å². The molecule has 5 rings (SSSR count). The molecule has 1 aliphatic heterocycles. The molecular formula is C23H25N7O3. The van der Waals surface area contributed by atoms with Crippen molar-refractivity contribution in [1.29, 1.82) is 0 Å². The standard InChI is InChI=1S/C23H25N7O3/c31-22-27-19-15-16-14-17(5-6-18(16)26-21(19)28-22)33-13-3-8-25-23(32)30-11-9-29(10-12-30)20-4-1-2-7-24-20/h1-2,4-7,14-15H,3,8-13H2,(H,25,32)(H2,26,27,28,31). The number of urea groups is 1. The summed E-state index contributed by atoms with van der Waals surface area (Å²) in [6.45, 7) is 3.91. The van der Waals surface area contributed by atoms with Crippen LogP contribution in [0.2, 0.25) is 0 Å². The predicted octanol–water partition coefficient (Wildman–Crippen LogP) is 2.10. The molecule has 2 amide bonds. The summed E-state index contributed by atoms with van der Waals surface area (Å²) in [4.78, 5) is 42.1. The zero-order valence-electron chi connectivity index (χ0n) is 18.1. The van der Waals surface area contributed by atoms with E-state index in [1.54, 1.807) is 6.20 Å². The van der Waals surface area contributed by atoms with Gasteiger partial charge in [-0.1, -0.05) is 6.07 Å². The summed E-state index contributed by atoms with van der Waals surface area (Å²) >= 11 is 0. The highest BCUT2D eigenvalue weighted by molar-refractivity contribution is 5.90. The monoisotopic (exact) mass is 447 g/mol. The Morgan fingerprint density at radius 1 is 1.09 bits per heavy atom. The van der Waals surface area contributed by atoms with Gasteiger partial charge >= 0.3 is 11.7 Å². The summed E-state index contributed by atoms with van der Waals surface area (Å²) in [5, 5.41) is 3.85. The zero-order valence-corrected chi connectivity index (χ0v) is 18.1. The summed E-state index contributed by atoms with van der Waals surface area (Å²) in [6.07, 6.45) is 2.48. The second kappa shape index (κ2) is 9.19. The van der Waals surface area contributed by atoms with Gasteiger partial charge in [0.15, 0.2) is 5.65 Å². The molecule has 33 heavy (non-hydrogen) atoms. The molecule has 0 aliphatic carbocycles. The van der Waals surface area contributed by atoms with E-state index in [-0.39, 0.29) is 11.7 Å². The van der Waals surface area contributed by atoms with E-state index >= 15 is 0 Å². The number of ether oxygens (including phenoxy) is 1. The van der Waals surface area contributed by atoms with Gasteiger partial charge in [-0.25, -0.2) is 19.6 Å². The first kappa shape index (κ1) is 20.8. The normalized spacial score (nSPS) is 14.1. The second-order valence-electron chi connectivity index (χ2n) is 7.91. The van der Waals surface area contributed by atoms with Gasteiger partial charge in [0.2, 0.25) is 0 Å². The number of imidazole rings is 1. The molecule has 1 aromatic carbocycles. The van der Waals surface area contributed by atoms with Crippen LogP contribution in [0.4, 0.5) is 10.6 Å². The van der Waals surface area contributed by atoms with Crippen molar-refractivity contribution >= 4 is 33.9 Å². The van der Waals surface area contributed by atoms with Crippen LogP contribution in [0.1, 0.15) is 6.42 Å². The molecule has 10 heteroatoms. The summed E-state index contributed by atoms with van der Waals surface area (Å²) in [5.41, 5.74) is 1.70. The molecule has 0 bridgehead atoms. The lowest BCUT2D eigenvalue weighted by atomic mass is 10.2. The van der Waals surface area contributed by atoms with E-state index in [0.717, 1.165) is 35.6 Å². The maximum Gasteiger partial charge on any atom is 0.325 e. The molecule has 0 spiro atoms. The van der Waals surface area contributed by atoms with Crippen LogP contribution in [0.25, 0.3) is 22.1 Å². The Morgan fingerprint density at radius 3 is 2.79 bits per heavy atom. The highest BCUT2D eigenvalue weighted by Gasteiger charge is 2.21. The maximum absolute atomic E-state index is 12.4. The van der Waals surface area contributed by atoms with E-state index in [1.807, 2.05) is 47.4 Å². The molecule has 4 heterocycles. The molecule has 3 aromatic heterocycles. The van der Waals surface area contributed by atoms with Gasteiger partial charge in [-0.05, 0) is 42.8 Å². The van der Waals surface area contributed by atoms with E-state index < -0.39 is 0 Å². The molecular weight excluding hydrogens is 422 g/mol. The Kier molecular flexibility index (Phi) is 5.79. The molecule has 1 fully saturated rings. The van der Waals surface area contributed by atoms with E-state index in [0.29, 0.717) is 43.8 Å². The molecule has 4 aromatic rings. The minimum atomic E-state index is -0.276. The van der Waals surface area contributed by atoms with E-state index in [1.165, 1.54) is 0 Å². The molecule has 0 radical (unpaired) electrons. The van der Waals surface area contributed by atoms with Crippen molar-refractivity contribution in [2.45, 2.75) is 6.42 Å². The number of aromatic amines is 2. The van der Waals surface area contributed by atoms with Gasteiger partial charge in [0.1, 0.15) is 11.6 Å². The number of hydrogen-bond donors (Lipinski definition) is 3. The number of anilines is 1. The zero-order chi connectivity index (χ0) is 22.6. The predicted molar refractivity (Wildman–Crippen MR) is 126 cm³/mol. The second-order valence-corrected chi connectivity index (χ2v) is 7.91. The maximum atomic E-state index is 12.4. The van der Waals surface area contributed by atoms with Crippen molar-refractivity contribution < 1.29 is 9.53 Å². The molecule has 0 atom stereocenters. The summed E-state index contributed by atoms with van der Waals surface area (Å²) in [6, 6.07) is 13.3. The molecule has 170 valence electrons. The largest absolute Gasteiger partial charge is 0.494 e. The van der Waals surface area contributed by atoms with Gasteiger partial charge in [-0.15, -0.1) is 0 Å². The first-order valence-corrected chi connectivity index (χ1v) is 11.0. The average Bonchev–Trinajstić information content (AvgIpc) is 3.21. The van der Waals surface area contributed by atoms with Gasteiger partial charge in [-0.2, -0.15) is 0 Å². The number of carbonyl (C=O) groups is 1. The Balaban J connectivity index is 1.06. The van der Waals surface area contributed by atoms with Crippen molar-refractivity contribution in [2.24, 2.45) is 0 Å². The van der Waals surface area contributed by atoms with Gasteiger partial charge < -0.3 is 24.8 Å². The molecule has 1 aliphatic rings. The number of hydrogen-bond acceptors (Lipinski definition) is 6. The van der Waals surface area contributed by atoms with Crippen LogP contribution in [-0.2, 0) is 0 Å². The van der Waals surface area contributed by atoms with Crippen molar-refractivity contribution in [3.05, 3.63) is 59.1 Å². The van der Waals surface area contributed by atoms with Crippen LogP contribution in [0.5, 0.6) is 5.75 Å². The Morgan fingerprint density at radius 2 is 1.97 bits per heavy atom.